The molecular formula is C14H26N4S2. The number of aliphatic imine (C=N–C) groups is 1. The molecule has 1 aromatic heterocycles. The molecule has 114 valence electrons. The maximum absolute atomic E-state index is 4.25. The summed E-state index contributed by atoms with van der Waals surface area (Å²) in [7, 11) is 1.82. The average molecular weight is 315 g/mol. The molecule has 0 atom stereocenters. The highest BCUT2D eigenvalue weighted by molar-refractivity contribution is 8.00. The number of nitrogens with one attached hydrogen (secondary N) is 2. The predicted molar refractivity (Wildman–Crippen MR) is 90.9 cm³/mol. The quantitative estimate of drug-likeness (QED) is 0.318. The zero-order valence-corrected chi connectivity index (χ0v) is 14.3. The minimum atomic E-state index is 0.773. The molecule has 0 aromatic carbocycles. The Kier molecular flexibility index (Phi) is 9.49. The summed E-state index contributed by atoms with van der Waals surface area (Å²) in [5.41, 5.74) is 0. The maximum Gasteiger partial charge on any atom is 0.190 e. The minimum Gasteiger partial charge on any atom is -0.356 e. The lowest BCUT2D eigenvalue weighted by Gasteiger charge is -2.12. The van der Waals surface area contributed by atoms with E-state index in [1.54, 1.807) is 11.3 Å². The van der Waals surface area contributed by atoms with Gasteiger partial charge in [-0.05, 0) is 25.2 Å². The number of aromatic nitrogens is 1. The van der Waals surface area contributed by atoms with Crippen LogP contribution in [-0.2, 0) is 0 Å². The molecule has 0 amide bonds. The molecule has 0 aliphatic rings. The molecule has 4 nitrogen and oxygen atoms in total. The SMILES string of the molecule is CN=C(NCCCSc1nccs1)NCCCC(C)C. The lowest BCUT2D eigenvalue weighted by atomic mass is 10.1. The Morgan fingerprint density at radius 1 is 1.35 bits per heavy atom. The normalized spacial score (nSPS) is 11.9. The van der Waals surface area contributed by atoms with Crippen LogP contribution >= 0.6 is 23.1 Å². The third-order valence-electron chi connectivity index (χ3n) is 2.72. The van der Waals surface area contributed by atoms with Gasteiger partial charge in [0.1, 0.15) is 4.34 Å². The summed E-state index contributed by atoms with van der Waals surface area (Å²) in [5, 5.41) is 8.71. The van der Waals surface area contributed by atoms with Crippen molar-refractivity contribution in [1.29, 1.82) is 0 Å². The molecule has 0 aliphatic heterocycles. The van der Waals surface area contributed by atoms with E-state index >= 15 is 0 Å². The summed E-state index contributed by atoms with van der Waals surface area (Å²) in [6.07, 6.45) is 5.41. The molecule has 20 heavy (non-hydrogen) atoms. The molecule has 0 unspecified atom stereocenters. The van der Waals surface area contributed by atoms with Gasteiger partial charge in [-0.3, -0.25) is 4.99 Å². The summed E-state index contributed by atoms with van der Waals surface area (Å²) in [6.45, 7) is 6.45. The first-order valence-electron chi connectivity index (χ1n) is 7.19. The number of thiazole rings is 1. The predicted octanol–water partition coefficient (Wildman–Crippen LogP) is 3.23. The van der Waals surface area contributed by atoms with E-state index in [0.29, 0.717) is 0 Å². The summed E-state index contributed by atoms with van der Waals surface area (Å²) in [6, 6.07) is 0. The van der Waals surface area contributed by atoms with Crippen LogP contribution in [0.4, 0.5) is 0 Å². The van der Waals surface area contributed by atoms with Crippen LogP contribution in [0.5, 0.6) is 0 Å². The number of thioether (sulfide) groups is 1. The second kappa shape index (κ2) is 11.0. The number of guanidine groups is 1. The molecule has 2 N–H and O–H groups in total. The minimum absolute atomic E-state index is 0.773. The van der Waals surface area contributed by atoms with E-state index in [4.69, 9.17) is 0 Å². The lowest BCUT2D eigenvalue weighted by molar-refractivity contribution is 0.549. The molecule has 0 spiro atoms. The molecule has 0 saturated carbocycles. The van der Waals surface area contributed by atoms with E-state index in [1.165, 1.54) is 12.8 Å². The van der Waals surface area contributed by atoms with Gasteiger partial charge < -0.3 is 10.6 Å². The van der Waals surface area contributed by atoms with Gasteiger partial charge in [-0.1, -0.05) is 25.6 Å². The number of hydrogen-bond acceptors (Lipinski definition) is 4. The first-order chi connectivity index (χ1) is 9.72. The number of hydrogen-bond donors (Lipinski definition) is 2. The van der Waals surface area contributed by atoms with Crippen LogP contribution < -0.4 is 10.6 Å². The number of rotatable bonds is 9. The van der Waals surface area contributed by atoms with Gasteiger partial charge in [0.15, 0.2) is 5.96 Å². The molecule has 0 radical (unpaired) electrons. The summed E-state index contributed by atoms with van der Waals surface area (Å²) >= 11 is 3.52. The summed E-state index contributed by atoms with van der Waals surface area (Å²) in [4.78, 5) is 8.48. The Balaban J connectivity index is 2.00. The van der Waals surface area contributed by atoms with Gasteiger partial charge in [-0.15, -0.1) is 11.3 Å². The lowest BCUT2D eigenvalue weighted by Crippen LogP contribution is -2.38. The smallest absolute Gasteiger partial charge is 0.190 e. The van der Waals surface area contributed by atoms with Gasteiger partial charge in [-0.2, -0.15) is 0 Å². The van der Waals surface area contributed by atoms with Gasteiger partial charge in [0.05, 0.1) is 0 Å². The third kappa shape index (κ3) is 8.43. The monoisotopic (exact) mass is 314 g/mol. The van der Waals surface area contributed by atoms with E-state index in [0.717, 1.165) is 41.5 Å². The standard InChI is InChI=1S/C14H26N4S2/c1-12(2)6-4-7-16-13(15-3)17-8-5-10-19-14-18-9-11-20-14/h9,11-12H,4-8,10H2,1-3H3,(H2,15,16,17). The van der Waals surface area contributed by atoms with Crippen molar-refractivity contribution in [1.82, 2.24) is 15.6 Å². The van der Waals surface area contributed by atoms with Crippen LogP contribution in [0.1, 0.15) is 33.1 Å². The molecule has 0 saturated heterocycles. The van der Waals surface area contributed by atoms with Crippen molar-refractivity contribution in [3.63, 3.8) is 0 Å². The Labute approximate surface area is 130 Å². The Bertz CT molecular complexity index is 363. The van der Waals surface area contributed by atoms with E-state index in [1.807, 2.05) is 30.4 Å². The van der Waals surface area contributed by atoms with Gasteiger partial charge >= 0.3 is 0 Å². The zero-order chi connectivity index (χ0) is 14.6. The van der Waals surface area contributed by atoms with Gasteiger partial charge in [0.25, 0.3) is 0 Å². The fourth-order valence-electron chi connectivity index (χ4n) is 1.66. The Hall–Kier alpha value is -0.750. The average Bonchev–Trinajstić information content (AvgIpc) is 2.93. The number of nitrogens with zero attached hydrogens (tertiary/aromatic N) is 2. The van der Waals surface area contributed by atoms with Crippen LogP contribution in [0.15, 0.2) is 20.9 Å². The fourth-order valence-corrected chi connectivity index (χ4v) is 3.31. The van der Waals surface area contributed by atoms with E-state index in [-0.39, 0.29) is 0 Å². The fraction of sp³-hybridized carbons (Fsp3) is 0.714. The van der Waals surface area contributed by atoms with Crippen molar-refractivity contribution in [2.24, 2.45) is 10.9 Å². The molecule has 6 heteroatoms. The van der Waals surface area contributed by atoms with Crippen molar-refractivity contribution < 1.29 is 0 Å². The van der Waals surface area contributed by atoms with E-state index in [9.17, 15) is 0 Å². The Morgan fingerprint density at radius 3 is 2.70 bits per heavy atom. The first kappa shape index (κ1) is 17.3. The first-order valence-corrected chi connectivity index (χ1v) is 9.05. The summed E-state index contributed by atoms with van der Waals surface area (Å²) in [5.74, 6) is 2.77. The van der Waals surface area contributed by atoms with Crippen molar-refractivity contribution in [2.75, 3.05) is 25.9 Å². The molecular weight excluding hydrogens is 288 g/mol. The van der Waals surface area contributed by atoms with Crippen LogP contribution in [0, 0.1) is 5.92 Å². The van der Waals surface area contributed by atoms with Crippen LogP contribution in [0.2, 0.25) is 0 Å². The molecule has 0 fully saturated rings. The highest BCUT2D eigenvalue weighted by Crippen LogP contribution is 2.20. The molecule has 0 bridgehead atoms. The van der Waals surface area contributed by atoms with Crippen molar-refractivity contribution >= 4 is 29.1 Å². The summed E-state index contributed by atoms with van der Waals surface area (Å²) < 4.78 is 1.15. The van der Waals surface area contributed by atoms with E-state index < -0.39 is 0 Å². The molecule has 1 aromatic rings. The zero-order valence-electron chi connectivity index (χ0n) is 12.7. The van der Waals surface area contributed by atoms with Crippen molar-refractivity contribution in [3.8, 4) is 0 Å². The van der Waals surface area contributed by atoms with Crippen LogP contribution in [0.25, 0.3) is 0 Å². The van der Waals surface area contributed by atoms with Gasteiger partial charge in [-0.25, -0.2) is 4.98 Å². The Morgan fingerprint density at radius 2 is 2.10 bits per heavy atom. The van der Waals surface area contributed by atoms with Gasteiger partial charge in [0, 0.05) is 37.5 Å². The topological polar surface area (TPSA) is 49.3 Å². The highest BCUT2D eigenvalue weighted by Gasteiger charge is 1.99. The van der Waals surface area contributed by atoms with Crippen molar-refractivity contribution in [3.05, 3.63) is 11.6 Å². The maximum atomic E-state index is 4.25. The van der Waals surface area contributed by atoms with Crippen LogP contribution in [0.3, 0.4) is 0 Å². The second-order valence-electron chi connectivity index (χ2n) is 4.96. The van der Waals surface area contributed by atoms with Crippen molar-refractivity contribution in [2.45, 2.75) is 37.4 Å². The van der Waals surface area contributed by atoms with Gasteiger partial charge in [0.2, 0.25) is 0 Å². The second-order valence-corrected chi connectivity index (χ2v) is 7.20. The molecule has 0 aliphatic carbocycles. The molecule has 1 rings (SSSR count). The third-order valence-corrected chi connectivity index (χ3v) is 4.78. The van der Waals surface area contributed by atoms with E-state index in [2.05, 4.69) is 34.5 Å². The largest absolute Gasteiger partial charge is 0.356 e. The molecule has 1 heterocycles. The highest BCUT2D eigenvalue weighted by atomic mass is 32.2. The van der Waals surface area contributed by atoms with Crippen LogP contribution in [-0.4, -0.2) is 36.8 Å².